The molecule has 0 heterocycles. The molecule has 2 aromatic rings. The first kappa shape index (κ1) is 18.6. The molecule has 0 bridgehead atoms. The number of carbonyl (C=O) groups is 1. The number of hydrogen-bond donors (Lipinski definition) is 2. The molecule has 6 heteroatoms. The molecule has 5 nitrogen and oxygen atoms in total. The summed E-state index contributed by atoms with van der Waals surface area (Å²) in [5.41, 5.74) is 7.10. The average Bonchev–Trinajstić information content (AvgIpc) is 2.50. The summed E-state index contributed by atoms with van der Waals surface area (Å²) in [6, 6.07) is 9.71. The van der Waals surface area contributed by atoms with Gasteiger partial charge in [-0.15, -0.1) is 0 Å². The number of ether oxygens (including phenoxy) is 2. The highest BCUT2D eigenvalue weighted by atomic mass is 19.1. The first-order chi connectivity index (χ1) is 11.6. The minimum Gasteiger partial charge on any atom is -0.457 e. The number of halogens is 1. The summed E-state index contributed by atoms with van der Waals surface area (Å²) in [5, 5.41) is 2.65. The van der Waals surface area contributed by atoms with Crippen molar-refractivity contribution < 1.29 is 18.7 Å². The van der Waals surface area contributed by atoms with Gasteiger partial charge in [-0.25, -0.2) is 9.18 Å². The van der Waals surface area contributed by atoms with Crippen LogP contribution in [-0.4, -0.2) is 11.7 Å². The molecule has 25 heavy (non-hydrogen) atoms. The second-order valence-corrected chi connectivity index (χ2v) is 6.73. The first-order valence-corrected chi connectivity index (χ1v) is 7.93. The molecular weight excluding hydrogens is 323 g/mol. The van der Waals surface area contributed by atoms with Gasteiger partial charge in [-0.05, 0) is 63.1 Å². The van der Waals surface area contributed by atoms with Crippen LogP contribution in [-0.2, 0) is 11.3 Å². The van der Waals surface area contributed by atoms with Crippen molar-refractivity contribution in [2.24, 2.45) is 0 Å². The zero-order valence-electron chi connectivity index (χ0n) is 14.9. The quantitative estimate of drug-likeness (QED) is 0.798. The van der Waals surface area contributed by atoms with Crippen molar-refractivity contribution in [3.63, 3.8) is 0 Å². The summed E-state index contributed by atoms with van der Waals surface area (Å²) in [5.74, 6) is 0.553. The molecule has 0 fully saturated rings. The topological polar surface area (TPSA) is 73.6 Å². The van der Waals surface area contributed by atoms with E-state index in [0.717, 1.165) is 0 Å². The van der Waals surface area contributed by atoms with Crippen molar-refractivity contribution in [1.82, 2.24) is 5.32 Å². The predicted octanol–water partition coefficient (Wildman–Crippen LogP) is 4.53. The maximum absolute atomic E-state index is 13.6. The van der Waals surface area contributed by atoms with E-state index in [4.69, 9.17) is 15.2 Å². The molecule has 0 saturated heterocycles. The molecular formula is C19H23FN2O3. The van der Waals surface area contributed by atoms with Crippen LogP contribution in [0.25, 0.3) is 0 Å². The molecule has 1 amide bonds. The lowest BCUT2D eigenvalue weighted by Gasteiger charge is -2.20. The summed E-state index contributed by atoms with van der Waals surface area (Å²) >= 11 is 0. The van der Waals surface area contributed by atoms with Crippen LogP contribution in [0.1, 0.15) is 31.9 Å². The molecule has 2 aromatic carbocycles. The Morgan fingerprint density at radius 1 is 1.16 bits per heavy atom. The van der Waals surface area contributed by atoms with Gasteiger partial charge in [0.15, 0.2) is 0 Å². The number of rotatable bonds is 4. The van der Waals surface area contributed by atoms with Gasteiger partial charge < -0.3 is 20.5 Å². The monoisotopic (exact) mass is 346 g/mol. The van der Waals surface area contributed by atoms with Crippen LogP contribution in [0.2, 0.25) is 0 Å². The summed E-state index contributed by atoms with van der Waals surface area (Å²) in [6.45, 7) is 7.24. The van der Waals surface area contributed by atoms with Crippen molar-refractivity contribution in [2.75, 3.05) is 5.73 Å². The van der Waals surface area contributed by atoms with Crippen molar-refractivity contribution in [3.8, 4) is 11.5 Å². The van der Waals surface area contributed by atoms with E-state index in [1.807, 2.05) is 0 Å². The number of aryl methyl sites for hydroxylation is 1. The van der Waals surface area contributed by atoms with E-state index < -0.39 is 11.7 Å². The molecule has 3 N–H and O–H groups in total. The number of nitrogen functional groups attached to an aromatic ring is 1. The lowest BCUT2D eigenvalue weighted by atomic mass is 10.1. The predicted molar refractivity (Wildman–Crippen MR) is 95.1 cm³/mol. The van der Waals surface area contributed by atoms with E-state index in [1.54, 1.807) is 58.0 Å². The van der Waals surface area contributed by atoms with E-state index in [0.29, 0.717) is 28.3 Å². The highest BCUT2D eigenvalue weighted by molar-refractivity contribution is 5.68. The van der Waals surface area contributed by atoms with Crippen molar-refractivity contribution in [2.45, 2.75) is 39.8 Å². The average molecular weight is 346 g/mol. The minimum absolute atomic E-state index is 0.195. The van der Waals surface area contributed by atoms with Crippen LogP contribution in [0.3, 0.4) is 0 Å². The van der Waals surface area contributed by atoms with Crippen LogP contribution >= 0.6 is 0 Å². The van der Waals surface area contributed by atoms with E-state index in [-0.39, 0.29) is 12.4 Å². The fraction of sp³-hybridized carbons (Fsp3) is 0.316. The fourth-order valence-electron chi connectivity index (χ4n) is 2.05. The molecule has 134 valence electrons. The molecule has 0 radical (unpaired) electrons. The summed E-state index contributed by atoms with van der Waals surface area (Å²) in [7, 11) is 0. The molecule has 0 saturated carbocycles. The third-order valence-corrected chi connectivity index (χ3v) is 3.32. The number of carbonyl (C=O) groups excluding carboxylic acids is 1. The number of amides is 1. The number of hydrogen-bond acceptors (Lipinski definition) is 4. The Morgan fingerprint density at radius 2 is 1.80 bits per heavy atom. The maximum atomic E-state index is 13.6. The van der Waals surface area contributed by atoms with Gasteiger partial charge in [0.05, 0.1) is 0 Å². The van der Waals surface area contributed by atoms with Gasteiger partial charge in [0, 0.05) is 18.3 Å². The Morgan fingerprint density at radius 3 is 2.44 bits per heavy atom. The van der Waals surface area contributed by atoms with E-state index >= 15 is 0 Å². The van der Waals surface area contributed by atoms with Gasteiger partial charge in [0.2, 0.25) is 0 Å². The van der Waals surface area contributed by atoms with E-state index in [9.17, 15) is 9.18 Å². The summed E-state index contributed by atoms with van der Waals surface area (Å²) in [4.78, 5) is 11.7. The van der Waals surface area contributed by atoms with Gasteiger partial charge >= 0.3 is 6.09 Å². The zero-order valence-corrected chi connectivity index (χ0v) is 14.9. The second kappa shape index (κ2) is 7.42. The Hall–Kier alpha value is -2.76. The molecule has 0 spiro atoms. The van der Waals surface area contributed by atoms with Crippen LogP contribution in [0.5, 0.6) is 11.5 Å². The Balaban J connectivity index is 2.06. The van der Waals surface area contributed by atoms with Crippen molar-refractivity contribution >= 4 is 11.8 Å². The van der Waals surface area contributed by atoms with Crippen LogP contribution in [0, 0.1) is 12.7 Å². The number of benzene rings is 2. The molecule has 0 aromatic heterocycles. The number of anilines is 1. The second-order valence-electron chi connectivity index (χ2n) is 6.73. The Kier molecular flexibility index (Phi) is 5.51. The lowest BCUT2D eigenvalue weighted by molar-refractivity contribution is 0.0523. The van der Waals surface area contributed by atoms with E-state index in [1.165, 1.54) is 6.07 Å². The van der Waals surface area contributed by atoms with E-state index in [2.05, 4.69) is 5.32 Å². The molecule has 0 aliphatic heterocycles. The Labute approximate surface area is 146 Å². The molecule has 0 atom stereocenters. The van der Waals surface area contributed by atoms with Crippen LogP contribution in [0.4, 0.5) is 14.9 Å². The number of nitrogens with one attached hydrogen (secondary N) is 1. The third kappa shape index (κ3) is 5.67. The molecule has 2 rings (SSSR count). The Bertz CT molecular complexity index is 770. The highest BCUT2D eigenvalue weighted by Crippen LogP contribution is 2.26. The molecule has 0 aliphatic rings. The lowest BCUT2D eigenvalue weighted by Crippen LogP contribution is -2.32. The normalized spacial score (nSPS) is 11.1. The molecule has 0 aliphatic carbocycles. The smallest absolute Gasteiger partial charge is 0.407 e. The zero-order chi connectivity index (χ0) is 18.6. The fourth-order valence-corrected chi connectivity index (χ4v) is 2.05. The molecule has 0 unspecified atom stereocenters. The summed E-state index contributed by atoms with van der Waals surface area (Å²) < 4.78 is 24.5. The first-order valence-electron chi connectivity index (χ1n) is 7.93. The van der Waals surface area contributed by atoms with Crippen molar-refractivity contribution in [1.29, 1.82) is 0 Å². The SMILES string of the molecule is Cc1ccc(Oc2ccc(N)c(CNC(=O)OC(C)(C)C)c2)cc1F. The van der Waals surface area contributed by atoms with Gasteiger partial charge in [0.1, 0.15) is 22.9 Å². The van der Waals surface area contributed by atoms with Gasteiger partial charge in [-0.1, -0.05) is 6.07 Å². The van der Waals surface area contributed by atoms with Gasteiger partial charge in [-0.2, -0.15) is 0 Å². The maximum Gasteiger partial charge on any atom is 0.407 e. The highest BCUT2D eigenvalue weighted by Gasteiger charge is 2.16. The summed E-state index contributed by atoms with van der Waals surface area (Å²) in [6.07, 6.45) is -0.529. The standard InChI is InChI=1S/C19H23FN2O3/c1-12-5-6-15(10-16(12)20)24-14-7-8-17(21)13(9-14)11-22-18(23)25-19(2,3)4/h5-10H,11,21H2,1-4H3,(H,22,23). The minimum atomic E-state index is -0.573. The van der Waals surface area contributed by atoms with Crippen LogP contribution < -0.4 is 15.8 Å². The number of nitrogens with two attached hydrogens (primary N) is 1. The van der Waals surface area contributed by atoms with Crippen molar-refractivity contribution in [3.05, 3.63) is 53.3 Å². The van der Waals surface area contributed by atoms with Gasteiger partial charge in [0.25, 0.3) is 0 Å². The van der Waals surface area contributed by atoms with Crippen LogP contribution in [0.15, 0.2) is 36.4 Å². The number of alkyl carbamates (subject to hydrolysis) is 1. The third-order valence-electron chi connectivity index (χ3n) is 3.32. The largest absolute Gasteiger partial charge is 0.457 e. The van der Waals surface area contributed by atoms with Gasteiger partial charge in [-0.3, -0.25) is 0 Å².